The number of aromatic nitrogens is 3. The molecule has 4 rings (SSSR count). The summed E-state index contributed by atoms with van der Waals surface area (Å²) < 4.78 is 5.76. The third kappa shape index (κ3) is 3.37. The highest BCUT2D eigenvalue weighted by Gasteiger charge is 2.25. The summed E-state index contributed by atoms with van der Waals surface area (Å²) in [6, 6.07) is 19.7. The highest BCUT2D eigenvalue weighted by Crippen LogP contribution is 2.38. The Morgan fingerprint density at radius 1 is 0.889 bits per heavy atom. The van der Waals surface area contributed by atoms with Crippen molar-refractivity contribution in [1.82, 2.24) is 15.2 Å². The molecule has 5 heteroatoms. The number of hydrogen-bond acceptors (Lipinski definition) is 5. The molecule has 134 valence electrons. The Kier molecular flexibility index (Phi) is 4.30. The molecule has 0 saturated carbocycles. The van der Waals surface area contributed by atoms with E-state index in [-0.39, 0.29) is 0 Å². The molecule has 4 aromatic rings. The lowest BCUT2D eigenvalue weighted by atomic mass is 9.97. The zero-order valence-corrected chi connectivity index (χ0v) is 15.1. The molecular weight excluding hydrogens is 338 g/mol. The molecule has 0 radical (unpaired) electrons. The molecule has 5 nitrogen and oxygen atoms in total. The smallest absolute Gasteiger partial charge is 0.229 e. The molecule has 2 aromatic heterocycles. The van der Waals surface area contributed by atoms with E-state index in [1.54, 1.807) is 20.0 Å². The maximum absolute atomic E-state index is 10.3. The van der Waals surface area contributed by atoms with Gasteiger partial charge in [0.2, 0.25) is 5.89 Å². The molecule has 1 N–H and O–H groups in total. The quantitative estimate of drug-likeness (QED) is 0.573. The standard InChI is InChI=1S/C22H19N3O2/c1-22(2,26)18-14-27-21(24-18)19-17(15-9-5-3-6-10-15)13-23-25-20(19)16-11-7-4-8-12-16/h3-14,26H,1-2H3. The minimum Gasteiger partial charge on any atom is -0.444 e. The monoisotopic (exact) mass is 357 g/mol. The summed E-state index contributed by atoms with van der Waals surface area (Å²) >= 11 is 0. The lowest BCUT2D eigenvalue weighted by Gasteiger charge is -2.13. The van der Waals surface area contributed by atoms with E-state index in [0.29, 0.717) is 17.3 Å². The van der Waals surface area contributed by atoms with Gasteiger partial charge < -0.3 is 9.52 Å². The van der Waals surface area contributed by atoms with E-state index in [2.05, 4.69) is 15.2 Å². The van der Waals surface area contributed by atoms with Crippen molar-refractivity contribution in [2.45, 2.75) is 19.4 Å². The van der Waals surface area contributed by atoms with Crippen LogP contribution in [0.5, 0.6) is 0 Å². The summed E-state index contributed by atoms with van der Waals surface area (Å²) in [5, 5.41) is 18.9. The van der Waals surface area contributed by atoms with Crippen LogP contribution in [0.4, 0.5) is 0 Å². The van der Waals surface area contributed by atoms with Crippen molar-refractivity contribution in [3.8, 4) is 33.8 Å². The number of rotatable bonds is 4. The Balaban J connectivity index is 1.98. The van der Waals surface area contributed by atoms with Crippen molar-refractivity contribution in [2.75, 3.05) is 0 Å². The predicted octanol–water partition coefficient (Wildman–Crippen LogP) is 4.69. The van der Waals surface area contributed by atoms with Gasteiger partial charge in [-0.2, -0.15) is 5.10 Å². The summed E-state index contributed by atoms with van der Waals surface area (Å²) in [6.45, 7) is 3.35. The first-order valence-electron chi connectivity index (χ1n) is 8.69. The van der Waals surface area contributed by atoms with Crippen LogP contribution in [0, 0.1) is 0 Å². The normalized spacial score (nSPS) is 11.5. The average Bonchev–Trinajstić information content (AvgIpc) is 3.19. The van der Waals surface area contributed by atoms with Crippen LogP contribution in [0.3, 0.4) is 0 Å². The molecule has 0 unspecified atom stereocenters. The minimum absolute atomic E-state index is 0.403. The van der Waals surface area contributed by atoms with Crippen LogP contribution in [0.15, 0.2) is 77.5 Å². The van der Waals surface area contributed by atoms with E-state index in [4.69, 9.17) is 4.42 Å². The third-order valence-corrected chi connectivity index (χ3v) is 4.33. The second-order valence-corrected chi connectivity index (χ2v) is 6.81. The Bertz CT molecular complexity index is 994. The van der Waals surface area contributed by atoms with Crippen molar-refractivity contribution >= 4 is 0 Å². The van der Waals surface area contributed by atoms with Gasteiger partial charge in [-0.15, -0.1) is 5.10 Å². The fourth-order valence-electron chi connectivity index (χ4n) is 2.91. The largest absolute Gasteiger partial charge is 0.444 e. The van der Waals surface area contributed by atoms with Gasteiger partial charge in [0, 0.05) is 11.1 Å². The molecule has 0 aliphatic rings. The number of nitrogens with zero attached hydrogens (tertiary/aromatic N) is 3. The Morgan fingerprint density at radius 2 is 1.52 bits per heavy atom. The van der Waals surface area contributed by atoms with Crippen LogP contribution in [0.2, 0.25) is 0 Å². The molecule has 0 spiro atoms. The highest BCUT2D eigenvalue weighted by molar-refractivity contribution is 5.89. The van der Waals surface area contributed by atoms with Crippen LogP contribution in [-0.2, 0) is 5.60 Å². The van der Waals surface area contributed by atoms with Gasteiger partial charge in [0.15, 0.2) is 0 Å². The van der Waals surface area contributed by atoms with Crippen LogP contribution < -0.4 is 0 Å². The summed E-state index contributed by atoms with van der Waals surface area (Å²) in [5.74, 6) is 0.403. The fourth-order valence-corrected chi connectivity index (χ4v) is 2.91. The topological polar surface area (TPSA) is 72.0 Å². The van der Waals surface area contributed by atoms with Crippen LogP contribution in [-0.4, -0.2) is 20.3 Å². The third-order valence-electron chi connectivity index (χ3n) is 4.33. The molecule has 0 bridgehead atoms. The van der Waals surface area contributed by atoms with Gasteiger partial charge in [-0.1, -0.05) is 60.7 Å². The van der Waals surface area contributed by atoms with Crippen molar-refractivity contribution < 1.29 is 9.52 Å². The van der Waals surface area contributed by atoms with Crippen LogP contribution >= 0.6 is 0 Å². The number of hydrogen-bond donors (Lipinski definition) is 1. The molecular formula is C22H19N3O2. The Hall–Kier alpha value is -3.31. The van der Waals surface area contributed by atoms with Gasteiger partial charge in [-0.05, 0) is 19.4 Å². The average molecular weight is 357 g/mol. The maximum Gasteiger partial charge on any atom is 0.229 e. The summed E-state index contributed by atoms with van der Waals surface area (Å²) in [4.78, 5) is 4.54. The van der Waals surface area contributed by atoms with Crippen LogP contribution in [0.25, 0.3) is 33.8 Å². The molecule has 0 fully saturated rings. The van der Waals surface area contributed by atoms with Gasteiger partial charge in [0.1, 0.15) is 23.3 Å². The van der Waals surface area contributed by atoms with Crippen molar-refractivity contribution in [1.29, 1.82) is 0 Å². The van der Waals surface area contributed by atoms with Crippen molar-refractivity contribution in [3.63, 3.8) is 0 Å². The first kappa shape index (κ1) is 17.1. The molecule has 0 aliphatic heterocycles. The Labute approximate surface area is 157 Å². The minimum atomic E-state index is -1.10. The lowest BCUT2D eigenvalue weighted by molar-refractivity contribution is 0.0738. The molecule has 27 heavy (non-hydrogen) atoms. The van der Waals surface area contributed by atoms with E-state index >= 15 is 0 Å². The van der Waals surface area contributed by atoms with Crippen LogP contribution in [0.1, 0.15) is 19.5 Å². The van der Waals surface area contributed by atoms with Crippen molar-refractivity contribution in [3.05, 3.63) is 78.8 Å². The summed E-state index contributed by atoms with van der Waals surface area (Å²) in [5.41, 5.74) is 3.57. The number of benzene rings is 2. The summed E-state index contributed by atoms with van der Waals surface area (Å²) in [6.07, 6.45) is 3.20. The predicted molar refractivity (Wildman–Crippen MR) is 104 cm³/mol. The van der Waals surface area contributed by atoms with E-state index in [9.17, 15) is 5.11 Å². The first-order valence-corrected chi connectivity index (χ1v) is 8.69. The highest BCUT2D eigenvalue weighted by atomic mass is 16.3. The molecule has 0 aliphatic carbocycles. The second-order valence-electron chi connectivity index (χ2n) is 6.81. The Morgan fingerprint density at radius 3 is 2.11 bits per heavy atom. The van der Waals surface area contributed by atoms with Gasteiger partial charge in [0.05, 0.1) is 11.8 Å². The molecule has 2 aromatic carbocycles. The first-order chi connectivity index (χ1) is 13.0. The number of aliphatic hydroxyl groups is 1. The molecule has 0 atom stereocenters. The summed E-state index contributed by atoms with van der Waals surface area (Å²) in [7, 11) is 0. The van der Waals surface area contributed by atoms with Gasteiger partial charge >= 0.3 is 0 Å². The molecule has 0 amide bonds. The fraction of sp³-hybridized carbons (Fsp3) is 0.136. The van der Waals surface area contributed by atoms with E-state index in [1.807, 2.05) is 60.7 Å². The van der Waals surface area contributed by atoms with Crippen molar-refractivity contribution in [2.24, 2.45) is 0 Å². The molecule has 0 saturated heterocycles. The second kappa shape index (κ2) is 6.78. The number of oxazole rings is 1. The van der Waals surface area contributed by atoms with E-state index < -0.39 is 5.60 Å². The van der Waals surface area contributed by atoms with E-state index in [1.165, 1.54) is 6.26 Å². The van der Waals surface area contributed by atoms with Gasteiger partial charge in [0.25, 0.3) is 0 Å². The maximum atomic E-state index is 10.3. The zero-order chi connectivity index (χ0) is 18.9. The van der Waals surface area contributed by atoms with E-state index in [0.717, 1.165) is 22.3 Å². The van der Waals surface area contributed by atoms with Gasteiger partial charge in [-0.3, -0.25) is 0 Å². The zero-order valence-electron chi connectivity index (χ0n) is 15.1. The SMILES string of the molecule is CC(C)(O)c1coc(-c2c(-c3ccccc3)cnnc2-c2ccccc2)n1. The lowest BCUT2D eigenvalue weighted by Crippen LogP contribution is -2.15. The molecule has 2 heterocycles. The van der Waals surface area contributed by atoms with Gasteiger partial charge in [-0.25, -0.2) is 4.98 Å².